The van der Waals surface area contributed by atoms with Crippen molar-refractivity contribution in [2.45, 2.75) is 0 Å². The number of aliphatic hydroxyl groups excluding tert-OH is 2. The maximum Gasteiger partial charge on any atom is 1.00 e. The third-order valence-electron chi connectivity index (χ3n) is 0.479. The third-order valence-corrected chi connectivity index (χ3v) is 0.479. The van der Waals surface area contributed by atoms with Crippen molar-refractivity contribution in [2.24, 2.45) is 0 Å². The maximum atomic E-state index is 10.1. The molecule has 0 saturated carbocycles. The minimum Gasteiger partial charge on any atom is -1.00 e. The molecule has 0 aromatic carbocycles. The summed E-state index contributed by atoms with van der Waals surface area (Å²) in [6, 6.07) is -0.588. The van der Waals surface area contributed by atoms with Gasteiger partial charge in [-0.1, -0.05) is 0 Å². The van der Waals surface area contributed by atoms with Crippen molar-refractivity contribution in [2.75, 3.05) is 13.5 Å². The number of amides is 2. The molecule has 0 heterocycles. The van der Waals surface area contributed by atoms with Crippen LogP contribution in [0.25, 0.3) is 0 Å². The summed E-state index contributed by atoms with van der Waals surface area (Å²) in [5.41, 5.74) is 0. The molecule has 52 valence electrons. The van der Waals surface area contributed by atoms with Gasteiger partial charge in [0, 0.05) is 0 Å². The van der Waals surface area contributed by atoms with Gasteiger partial charge in [-0.2, -0.15) is 0 Å². The van der Waals surface area contributed by atoms with E-state index in [1.54, 1.807) is 0 Å². The quantitative estimate of drug-likeness (QED) is 0.244. The van der Waals surface area contributed by atoms with Crippen molar-refractivity contribution in [1.82, 2.24) is 10.6 Å². The van der Waals surface area contributed by atoms with Crippen LogP contribution in [0, 0.1) is 0 Å². The van der Waals surface area contributed by atoms with Gasteiger partial charge in [0.15, 0.2) is 0 Å². The maximum absolute atomic E-state index is 10.1. The van der Waals surface area contributed by atoms with E-state index in [4.69, 9.17) is 10.2 Å². The molecule has 0 aromatic heterocycles. The van der Waals surface area contributed by atoms with Crippen LogP contribution in [0.3, 0.4) is 0 Å². The van der Waals surface area contributed by atoms with Crippen LogP contribution in [-0.2, 0) is 0 Å². The number of carbonyl (C=O) groups is 1. The molecule has 0 saturated heterocycles. The summed E-state index contributed by atoms with van der Waals surface area (Å²) in [4.78, 5) is 10.1. The topological polar surface area (TPSA) is 81.6 Å². The summed E-state index contributed by atoms with van der Waals surface area (Å²) < 4.78 is 0. The van der Waals surface area contributed by atoms with E-state index in [1.807, 2.05) is 10.6 Å². The Hall–Kier alpha value is 1.19. The first kappa shape index (κ1) is 17.3. The van der Waals surface area contributed by atoms with E-state index >= 15 is 0 Å². The molecule has 0 aliphatic carbocycles. The second-order valence-corrected chi connectivity index (χ2v) is 0.999. The second kappa shape index (κ2) is 12.8. The zero-order chi connectivity index (χ0) is 6.41. The first-order chi connectivity index (χ1) is 3.81. The molecule has 0 aromatic rings. The molecule has 0 fully saturated rings. The summed E-state index contributed by atoms with van der Waals surface area (Å²) in [7, 11) is 0. The molecule has 4 N–H and O–H groups in total. The van der Waals surface area contributed by atoms with Crippen molar-refractivity contribution in [3.05, 3.63) is 0 Å². The monoisotopic (exact) mass is 168 g/mol. The Morgan fingerprint density at radius 3 is 1.70 bits per heavy atom. The molecule has 0 unspecified atom stereocenters. The van der Waals surface area contributed by atoms with Crippen LogP contribution < -0.4 is 69.7 Å². The Bertz CT molecular complexity index is 81.9. The Morgan fingerprint density at radius 2 is 1.50 bits per heavy atom. The summed E-state index contributed by atoms with van der Waals surface area (Å²) >= 11 is 0. The molecule has 0 aliphatic rings. The normalized spacial score (nSPS) is 6.60. The number of rotatable bonds is 2. The second-order valence-electron chi connectivity index (χ2n) is 0.999. The van der Waals surface area contributed by atoms with E-state index in [0.717, 1.165) is 0 Å². The van der Waals surface area contributed by atoms with Gasteiger partial charge in [-0.3, -0.25) is 0 Å². The van der Waals surface area contributed by atoms with Gasteiger partial charge in [0.25, 0.3) is 0 Å². The Kier molecular flexibility index (Phi) is 22.2. The summed E-state index contributed by atoms with van der Waals surface area (Å²) in [5, 5.41) is 20.0. The molecule has 7 heteroatoms. The zero-order valence-electron chi connectivity index (χ0n) is 8.22. The van der Waals surface area contributed by atoms with E-state index in [2.05, 4.69) is 0 Å². The largest absolute Gasteiger partial charge is 1.00 e. The van der Waals surface area contributed by atoms with Crippen molar-refractivity contribution < 1.29 is 77.0 Å². The predicted molar refractivity (Wildman–Crippen MR) is 28.1 cm³/mol. The van der Waals surface area contributed by atoms with Gasteiger partial charge in [-0.05, 0) is 0 Å². The minimum atomic E-state index is -0.588. The fraction of sp³-hybridized carbons (Fsp3) is 0.667. The summed E-state index contributed by atoms with van der Waals surface area (Å²) in [5.74, 6) is 0. The van der Waals surface area contributed by atoms with Gasteiger partial charge in [-0.15, -0.1) is 0 Å². The molecule has 0 spiro atoms. The van der Waals surface area contributed by atoms with E-state index in [9.17, 15) is 4.79 Å². The molecule has 5 nitrogen and oxygen atoms in total. The van der Waals surface area contributed by atoms with E-state index < -0.39 is 19.5 Å². The summed E-state index contributed by atoms with van der Waals surface area (Å²) in [6.45, 7) is -0.850. The van der Waals surface area contributed by atoms with Gasteiger partial charge < -0.3 is 23.7 Å². The molecule has 10 heavy (non-hydrogen) atoms. The first-order valence-electron chi connectivity index (χ1n) is 2.04. The number of nitrogens with one attached hydrogen (secondary N) is 2. The van der Waals surface area contributed by atoms with Crippen LogP contribution in [0.1, 0.15) is 2.85 Å². The fourth-order valence-electron chi connectivity index (χ4n) is 0.206. The Balaban J connectivity index is -0.0000000408. The minimum absolute atomic E-state index is 0. The van der Waals surface area contributed by atoms with Crippen LogP contribution >= 0.6 is 0 Å². The van der Waals surface area contributed by atoms with Gasteiger partial charge >= 0.3 is 65.1 Å². The van der Waals surface area contributed by atoms with Crippen LogP contribution in [0.15, 0.2) is 0 Å². The van der Waals surface area contributed by atoms with Crippen molar-refractivity contribution in [3.63, 3.8) is 0 Å². The van der Waals surface area contributed by atoms with Crippen LogP contribution in [0.4, 0.5) is 4.79 Å². The molecule has 0 radical (unpaired) electrons. The average molecular weight is 168 g/mol. The first-order valence-corrected chi connectivity index (χ1v) is 2.04. The van der Waals surface area contributed by atoms with E-state index in [1.165, 1.54) is 0 Å². The third kappa shape index (κ3) is 11.9. The van der Waals surface area contributed by atoms with Gasteiger partial charge in [0.1, 0.15) is 13.5 Å². The molecule has 0 aliphatic heterocycles. The number of urea groups is 1. The Morgan fingerprint density at radius 1 is 1.20 bits per heavy atom. The van der Waals surface area contributed by atoms with Crippen molar-refractivity contribution in [3.8, 4) is 0 Å². The zero-order valence-corrected chi connectivity index (χ0v) is 10.2. The van der Waals surface area contributed by atoms with Crippen LogP contribution in [0.5, 0.6) is 0 Å². The van der Waals surface area contributed by atoms with E-state index in [0.29, 0.717) is 0 Å². The van der Waals surface area contributed by atoms with Crippen molar-refractivity contribution >= 4 is 6.03 Å². The number of hydrogen-bond donors (Lipinski definition) is 4. The Labute approximate surface area is 106 Å². The molecule has 0 atom stereocenters. The molecule has 2 amide bonds. The standard InChI is InChI=1S/C3H8N2O3.2Na.2H/c6-1-4-3(8)5-2-7;;;;/h6-7H,1-2H2,(H2,4,5,8);;;;/q;2*+1;2*-1. The molecule has 0 bridgehead atoms. The van der Waals surface area contributed by atoms with Crippen LogP contribution in [0.2, 0.25) is 0 Å². The SMILES string of the molecule is O=C(NCO)NCO.[H-].[H-].[Na+].[Na+]. The number of hydrogen-bond acceptors (Lipinski definition) is 3. The molecule has 0 rings (SSSR count). The van der Waals surface area contributed by atoms with Crippen LogP contribution in [-0.4, -0.2) is 29.7 Å². The number of carbonyl (C=O) groups excluding carboxylic acids is 1. The van der Waals surface area contributed by atoms with Gasteiger partial charge in [-0.25, -0.2) is 4.79 Å². The van der Waals surface area contributed by atoms with Gasteiger partial charge in [0.05, 0.1) is 0 Å². The average Bonchev–Trinajstić information content (AvgIpc) is 1.68. The fourth-order valence-corrected chi connectivity index (χ4v) is 0.206. The molecular weight excluding hydrogens is 158 g/mol. The van der Waals surface area contributed by atoms with Gasteiger partial charge in [0.2, 0.25) is 0 Å². The van der Waals surface area contributed by atoms with E-state index in [-0.39, 0.29) is 62.0 Å². The smallest absolute Gasteiger partial charge is 1.00 e. The van der Waals surface area contributed by atoms with Crippen molar-refractivity contribution in [1.29, 1.82) is 0 Å². The molecular formula is C3H10N2Na2O3. The number of aliphatic hydroxyl groups is 2. The summed E-state index contributed by atoms with van der Waals surface area (Å²) in [6.07, 6.45) is 0. The predicted octanol–water partition coefficient (Wildman–Crippen LogP) is -7.58.